The van der Waals surface area contributed by atoms with Gasteiger partial charge in [0, 0.05) is 11.9 Å². The number of thioether (sulfide) groups is 1. The molecule has 10 nitrogen and oxygen atoms in total. The maximum atomic E-state index is 11.8. The van der Waals surface area contributed by atoms with Crippen molar-refractivity contribution in [1.29, 1.82) is 0 Å². The van der Waals surface area contributed by atoms with Crippen molar-refractivity contribution in [3.63, 3.8) is 0 Å². The molecule has 0 saturated carbocycles. The second-order valence-electron chi connectivity index (χ2n) is 6.03. The summed E-state index contributed by atoms with van der Waals surface area (Å²) in [5, 5.41) is 3.57. The van der Waals surface area contributed by atoms with E-state index in [-0.39, 0.29) is 23.9 Å². The van der Waals surface area contributed by atoms with Crippen LogP contribution in [0.15, 0.2) is 35.6 Å². The number of rotatable bonds is 8. The van der Waals surface area contributed by atoms with Crippen molar-refractivity contribution < 1.29 is 9.53 Å². The van der Waals surface area contributed by atoms with Crippen LogP contribution in [-0.4, -0.2) is 37.5 Å². The number of aromatic nitrogens is 5. The monoisotopic (exact) mass is 426 g/mol. The molecule has 30 heavy (non-hydrogen) atoms. The van der Waals surface area contributed by atoms with E-state index in [1.165, 1.54) is 18.0 Å². The van der Waals surface area contributed by atoms with E-state index in [2.05, 4.69) is 37.2 Å². The van der Waals surface area contributed by atoms with Gasteiger partial charge in [-0.05, 0) is 25.0 Å². The number of para-hydroxylation sites is 1. The number of aryl methyl sites for hydroxylation is 1. The van der Waals surface area contributed by atoms with Gasteiger partial charge in [-0.15, -0.1) is 0 Å². The molecule has 156 valence electrons. The van der Waals surface area contributed by atoms with Gasteiger partial charge in [-0.3, -0.25) is 0 Å². The fourth-order valence-electron chi connectivity index (χ4n) is 2.57. The molecule has 0 bridgehead atoms. The number of carbonyl (C=O) groups excluding carboxylic acids is 1. The van der Waals surface area contributed by atoms with Gasteiger partial charge in [0.15, 0.2) is 5.16 Å². The molecule has 0 fully saturated rings. The predicted molar refractivity (Wildman–Crippen MR) is 115 cm³/mol. The van der Waals surface area contributed by atoms with E-state index >= 15 is 0 Å². The summed E-state index contributed by atoms with van der Waals surface area (Å²) in [5.74, 6) is 0.766. The van der Waals surface area contributed by atoms with Crippen LogP contribution >= 0.6 is 11.8 Å². The van der Waals surface area contributed by atoms with E-state index in [4.69, 9.17) is 16.2 Å². The zero-order chi connectivity index (χ0) is 21.5. The Kier molecular flexibility index (Phi) is 6.96. The molecule has 0 saturated heterocycles. The van der Waals surface area contributed by atoms with Crippen molar-refractivity contribution in [2.45, 2.75) is 31.2 Å². The predicted octanol–water partition coefficient (Wildman–Crippen LogP) is 2.60. The zero-order valence-electron chi connectivity index (χ0n) is 16.6. The van der Waals surface area contributed by atoms with E-state index in [0.717, 1.165) is 17.7 Å². The number of hydrogen-bond donors (Lipinski definition) is 3. The van der Waals surface area contributed by atoms with E-state index < -0.39 is 5.97 Å². The highest BCUT2D eigenvalue weighted by molar-refractivity contribution is 7.98. The molecule has 11 heteroatoms. The fourth-order valence-corrected chi connectivity index (χ4v) is 3.25. The van der Waals surface area contributed by atoms with Gasteiger partial charge in [0.05, 0.1) is 12.4 Å². The van der Waals surface area contributed by atoms with Crippen LogP contribution in [0.1, 0.15) is 35.6 Å². The van der Waals surface area contributed by atoms with Gasteiger partial charge in [-0.2, -0.15) is 15.0 Å². The topological polar surface area (TPSA) is 155 Å². The van der Waals surface area contributed by atoms with Gasteiger partial charge in [0.25, 0.3) is 0 Å². The van der Waals surface area contributed by atoms with Gasteiger partial charge in [-0.1, -0.05) is 36.9 Å². The van der Waals surface area contributed by atoms with Crippen molar-refractivity contribution >= 4 is 41.1 Å². The number of benzene rings is 1. The Morgan fingerprint density at radius 1 is 1.13 bits per heavy atom. The lowest BCUT2D eigenvalue weighted by Crippen LogP contribution is -2.11. The van der Waals surface area contributed by atoms with Crippen LogP contribution in [-0.2, 0) is 16.9 Å². The van der Waals surface area contributed by atoms with Crippen LogP contribution in [0.5, 0.6) is 0 Å². The van der Waals surface area contributed by atoms with Crippen LogP contribution in [0.3, 0.4) is 0 Å². The van der Waals surface area contributed by atoms with Crippen LogP contribution in [0.4, 0.5) is 23.4 Å². The number of esters is 1. The molecule has 2 heterocycles. The first-order valence-corrected chi connectivity index (χ1v) is 10.3. The summed E-state index contributed by atoms with van der Waals surface area (Å²) in [6, 6.07) is 7.90. The minimum absolute atomic E-state index is 0.0552. The lowest BCUT2D eigenvalue weighted by atomic mass is 10.1. The number of ether oxygens (including phenoxy) is 1. The van der Waals surface area contributed by atoms with Gasteiger partial charge in [0.2, 0.25) is 11.9 Å². The van der Waals surface area contributed by atoms with Crippen molar-refractivity contribution in [2.75, 3.05) is 23.4 Å². The molecular weight excluding hydrogens is 404 g/mol. The molecule has 1 aromatic carbocycles. The number of hydrogen-bond acceptors (Lipinski definition) is 11. The number of anilines is 4. The Labute approximate surface area is 177 Å². The third kappa shape index (κ3) is 5.32. The summed E-state index contributed by atoms with van der Waals surface area (Å²) < 4.78 is 4.92. The smallest absolute Gasteiger partial charge is 0.343 e. The summed E-state index contributed by atoms with van der Waals surface area (Å²) in [7, 11) is 0. The van der Waals surface area contributed by atoms with Crippen LogP contribution < -0.4 is 16.8 Å². The second-order valence-corrected chi connectivity index (χ2v) is 6.97. The van der Waals surface area contributed by atoms with Crippen molar-refractivity contribution in [3.05, 3.63) is 47.4 Å². The first-order valence-electron chi connectivity index (χ1n) is 9.28. The molecule has 0 amide bonds. The Morgan fingerprint density at radius 3 is 2.67 bits per heavy atom. The second kappa shape index (κ2) is 9.83. The van der Waals surface area contributed by atoms with Crippen molar-refractivity contribution in [1.82, 2.24) is 24.9 Å². The largest absolute Gasteiger partial charge is 0.462 e. The molecule has 0 unspecified atom stereocenters. The highest BCUT2D eigenvalue weighted by Gasteiger charge is 2.14. The lowest BCUT2D eigenvalue weighted by molar-refractivity contribution is 0.0526. The summed E-state index contributed by atoms with van der Waals surface area (Å²) in [4.78, 5) is 32.8. The lowest BCUT2D eigenvalue weighted by Gasteiger charge is -2.10. The molecule has 0 aliphatic rings. The Bertz CT molecular complexity index is 1050. The van der Waals surface area contributed by atoms with E-state index in [1.54, 1.807) is 6.92 Å². The quantitative estimate of drug-likeness (QED) is 0.276. The highest BCUT2D eigenvalue weighted by Crippen LogP contribution is 2.22. The molecular formula is C19H22N8O2S. The average molecular weight is 427 g/mol. The first kappa shape index (κ1) is 21.2. The number of nitrogens with one attached hydrogen (secondary N) is 1. The third-order valence-corrected chi connectivity index (χ3v) is 4.82. The minimum atomic E-state index is -0.556. The summed E-state index contributed by atoms with van der Waals surface area (Å²) in [6.07, 6.45) is 2.21. The third-order valence-electron chi connectivity index (χ3n) is 3.97. The van der Waals surface area contributed by atoms with Crippen LogP contribution in [0, 0.1) is 0 Å². The Morgan fingerprint density at radius 2 is 1.93 bits per heavy atom. The molecule has 5 N–H and O–H groups in total. The Hall–Kier alpha value is -3.47. The van der Waals surface area contributed by atoms with Crippen molar-refractivity contribution in [2.24, 2.45) is 0 Å². The average Bonchev–Trinajstić information content (AvgIpc) is 2.72. The summed E-state index contributed by atoms with van der Waals surface area (Å²) in [5.41, 5.74) is 13.9. The number of nitrogens with zero attached hydrogens (tertiary/aromatic N) is 5. The minimum Gasteiger partial charge on any atom is -0.462 e. The molecule has 0 spiro atoms. The number of nitrogens with two attached hydrogens (primary N) is 2. The van der Waals surface area contributed by atoms with Gasteiger partial charge >= 0.3 is 5.97 Å². The molecule has 0 atom stereocenters. The van der Waals surface area contributed by atoms with Crippen LogP contribution in [0.25, 0.3) is 0 Å². The normalized spacial score (nSPS) is 10.6. The van der Waals surface area contributed by atoms with Crippen molar-refractivity contribution in [3.8, 4) is 0 Å². The molecule has 3 rings (SSSR count). The van der Waals surface area contributed by atoms with E-state index in [9.17, 15) is 4.79 Å². The first-order chi connectivity index (χ1) is 14.5. The molecule has 2 aromatic heterocycles. The number of nitrogen functional groups attached to an aromatic ring is 2. The van der Waals surface area contributed by atoms with Gasteiger partial charge in [-0.25, -0.2) is 14.8 Å². The molecule has 3 aromatic rings. The zero-order valence-corrected chi connectivity index (χ0v) is 17.4. The molecule has 0 radical (unpaired) electrons. The highest BCUT2D eigenvalue weighted by atomic mass is 32.2. The maximum absolute atomic E-state index is 11.8. The number of carbonyl (C=O) groups is 1. The molecule has 0 aliphatic heterocycles. The van der Waals surface area contributed by atoms with Crippen LogP contribution in [0.2, 0.25) is 0 Å². The molecule has 0 aliphatic carbocycles. The van der Waals surface area contributed by atoms with E-state index in [1.807, 2.05) is 24.3 Å². The van der Waals surface area contributed by atoms with Gasteiger partial charge in [0.1, 0.15) is 17.2 Å². The summed E-state index contributed by atoms with van der Waals surface area (Å²) >= 11 is 1.26. The summed E-state index contributed by atoms with van der Waals surface area (Å²) in [6.45, 7) is 4.03. The maximum Gasteiger partial charge on any atom is 0.343 e. The SMILES string of the molecule is CCOC(=O)c1cnc(SCc2nc(N)nc(Nc3ccccc3CC)n2)nc1N. The Balaban J connectivity index is 1.72. The standard InChI is InChI=1S/C19H22N8O2S/c1-3-11-7-5-6-8-13(11)23-18-25-14(24-17(21)27-18)10-30-19-22-9-12(15(20)26-19)16(28)29-4-2/h5-9H,3-4,10H2,1-2H3,(H2,20,22,26)(H3,21,23,24,25,27). The van der Waals surface area contributed by atoms with Gasteiger partial charge < -0.3 is 21.5 Å². The fraction of sp³-hybridized carbons (Fsp3) is 0.263. The van der Waals surface area contributed by atoms with E-state index in [0.29, 0.717) is 22.7 Å².